The molecule has 1 aliphatic rings. The lowest BCUT2D eigenvalue weighted by atomic mass is 10.0. The number of aliphatic carboxylic acids is 1. The van der Waals surface area contributed by atoms with Crippen molar-refractivity contribution in [2.75, 3.05) is 13.2 Å². The average molecular weight is 245 g/mol. The van der Waals surface area contributed by atoms with Gasteiger partial charge in [-0.05, 0) is 26.2 Å². The third-order valence-corrected chi connectivity index (χ3v) is 2.65. The normalized spacial score (nSPS) is 23.8. The number of carbonyl (C=O) groups excluding carboxylic acids is 1. The Morgan fingerprint density at radius 1 is 1.47 bits per heavy atom. The number of hydrogen-bond donors (Lipinski definition) is 3. The van der Waals surface area contributed by atoms with Crippen LogP contribution in [0.3, 0.4) is 0 Å². The fraction of sp³-hybridized carbons (Fsp3) is 0.818. The van der Waals surface area contributed by atoms with E-state index >= 15 is 0 Å². The van der Waals surface area contributed by atoms with Gasteiger partial charge in [-0.2, -0.15) is 0 Å². The Balaban J connectivity index is 2.33. The molecule has 1 rings (SSSR count). The van der Waals surface area contributed by atoms with Gasteiger partial charge >= 0.3 is 5.97 Å². The van der Waals surface area contributed by atoms with Gasteiger partial charge in [0.05, 0.1) is 12.0 Å². The minimum atomic E-state index is -1.43. The van der Waals surface area contributed by atoms with Crippen LogP contribution in [0.4, 0.5) is 0 Å². The van der Waals surface area contributed by atoms with E-state index in [1.54, 1.807) is 0 Å². The lowest BCUT2D eigenvalue weighted by Crippen LogP contribution is -2.46. The smallest absolute Gasteiger partial charge is 0.306 e. The number of hydrogen-bond acceptors (Lipinski definition) is 4. The molecule has 0 aromatic heterocycles. The molecule has 0 spiro atoms. The Morgan fingerprint density at radius 3 is 2.71 bits per heavy atom. The number of rotatable bonds is 5. The summed E-state index contributed by atoms with van der Waals surface area (Å²) >= 11 is 0. The topological polar surface area (TPSA) is 95.9 Å². The van der Waals surface area contributed by atoms with Crippen molar-refractivity contribution in [3.05, 3.63) is 0 Å². The number of aliphatic hydroxyl groups is 1. The van der Waals surface area contributed by atoms with Gasteiger partial charge in [-0.25, -0.2) is 0 Å². The average Bonchev–Trinajstić information content (AvgIpc) is 2.25. The summed E-state index contributed by atoms with van der Waals surface area (Å²) < 4.78 is 5.28. The highest BCUT2D eigenvalue weighted by Gasteiger charge is 2.27. The van der Waals surface area contributed by atoms with Crippen molar-refractivity contribution in [2.24, 2.45) is 0 Å². The molecule has 0 aliphatic carbocycles. The van der Waals surface area contributed by atoms with E-state index in [-0.39, 0.29) is 12.5 Å². The van der Waals surface area contributed by atoms with Crippen LogP contribution < -0.4 is 5.32 Å². The number of carboxylic acid groups (broad SMARTS) is 1. The minimum absolute atomic E-state index is 0.0853. The number of ether oxygens (including phenoxy) is 1. The van der Waals surface area contributed by atoms with Gasteiger partial charge in [-0.1, -0.05) is 0 Å². The van der Waals surface area contributed by atoms with E-state index in [1.165, 1.54) is 6.92 Å². The van der Waals surface area contributed by atoms with Gasteiger partial charge in [-0.15, -0.1) is 0 Å². The molecule has 2 unspecified atom stereocenters. The molecule has 98 valence electrons. The van der Waals surface area contributed by atoms with E-state index in [2.05, 4.69) is 5.32 Å². The summed E-state index contributed by atoms with van der Waals surface area (Å²) in [6, 6.07) is 0. The van der Waals surface area contributed by atoms with E-state index in [1.807, 2.05) is 0 Å². The van der Waals surface area contributed by atoms with Gasteiger partial charge in [0, 0.05) is 13.2 Å². The summed E-state index contributed by atoms with van der Waals surface area (Å²) in [6.07, 6.45) is 1.71. The summed E-state index contributed by atoms with van der Waals surface area (Å²) in [5, 5.41) is 20.8. The van der Waals surface area contributed by atoms with Crippen molar-refractivity contribution in [3.63, 3.8) is 0 Å². The quantitative estimate of drug-likeness (QED) is 0.628. The monoisotopic (exact) mass is 245 g/mol. The molecule has 1 heterocycles. The number of amides is 1. The molecule has 6 heteroatoms. The minimum Gasteiger partial charge on any atom is -0.481 e. The molecule has 0 aromatic carbocycles. The highest BCUT2D eigenvalue weighted by atomic mass is 16.5. The maximum absolute atomic E-state index is 11.6. The van der Waals surface area contributed by atoms with Crippen LogP contribution >= 0.6 is 0 Å². The highest BCUT2D eigenvalue weighted by Crippen LogP contribution is 2.13. The molecule has 3 N–H and O–H groups in total. The van der Waals surface area contributed by atoms with E-state index in [0.717, 1.165) is 12.8 Å². The molecule has 1 saturated heterocycles. The first kappa shape index (κ1) is 13.9. The van der Waals surface area contributed by atoms with E-state index in [9.17, 15) is 14.7 Å². The lowest BCUT2D eigenvalue weighted by molar-refractivity contribution is -0.143. The van der Waals surface area contributed by atoms with Crippen molar-refractivity contribution >= 4 is 11.9 Å². The van der Waals surface area contributed by atoms with Crippen molar-refractivity contribution in [2.45, 2.75) is 44.3 Å². The summed E-state index contributed by atoms with van der Waals surface area (Å²) in [7, 11) is 0. The van der Waals surface area contributed by atoms with Gasteiger partial charge in [0.2, 0.25) is 5.91 Å². The molecule has 0 saturated carbocycles. The Morgan fingerprint density at radius 2 is 2.18 bits per heavy atom. The predicted octanol–water partition coefficient (Wildman–Crippen LogP) is -0.103. The molecule has 0 aromatic rings. The molecule has 1 aliphatic heterocycles. The second kappa shape index (κ2) is 5.97. The second-order valence-electron chi connectivity index (χ2n) is 4.64. The lowest BCUT2D eigenvalue weighted by Gasteiger charge is -2.25. The van der Waals surface area contributed by atoms with Crippen LogP contribution in [-0.4, -0.2) is 46.9 Å². The van der Waals surface area contributed by atoms with Crippen LogP contribution in [0.15, 0.2) is 0 Å². The highest BCUT2D eigenvalue weighted by molar-refractivity contribution is 5.81. The van der Waals surface area contributed by atoms with Gasteiger partial charge in [0.1, 0.15) is 6.10 Å². The van der Waals surface area contributed by atoms with Crippen LogP contribution in [0.2, 0.25) is 0 Å². The summed E-state index contributed by atoms with van der Waals surface area (Å²) in [5.41, 5.74) is -1.43. The van der Waals surface area contributed by atoms with Gasteiger partial charge in [0.25, 0.3) is 0 Å². The Kier molecular flexibility index (Phi) is 4.89. The van der Waals surface area contributed by atoms with Crippen molar-refractivity contribution in [1.82, 2.24) is 5.32 Å². The Labute approximate surface area is 100.0 Å². The van der Waals surface area contributed by atoms with Gasteiger partial charge in [-0.3, -0.25) is 9.59 Å². The molecule has 1 amide bonds. The van der Waals surface area contributed by atoms with Crippen LogP contribution in [0.25, 0.3) is 0 Å². The van der Waals surface area contributed by atoms with Crippen LogP contribution in [0.1, 0.15) is 32.6 Å². The third kappa shape index (κ3) is 5.14. The van der Waals surface area contributed by atoms with Crippen molar-refractivity contribution in [3.8, 4) is 0 Å². The third-order valence-electron chi connectivity index (χ3n) is 2.65. The molecule has 2 atom stereocenters. The van der Waals surface area contributed by atoms with E-state index in [4.69, 9.17) is 9.84 Å². The standard InChI is InChI=1S/C11H19NO5/c1-11(16,6-9(13)14)7-12-10(15)8-4-2-3-5-17-8/h8,16H,2-7H2,1H3,(H,12,15)(H,13,14). The zero-order valence-corrected chi connectivity index (χ0v) is 9.94. The number of carboxylic acids is 1. The first-order chi connectivity index (χ1) is 7.91. The number of carbonyl (C=O) groups is 2. The summed E-state index contributed by atoms with van der Waals surface area (Å²) in [6.45, 7) is 1.87. The largest absolute Gasteiger partial charge is 0.481 e. The summed E-state index contributed by atoms with van der Waals surface area (Å²) in [5.74, 6) is -1.38. The maximum Gasteiger partial charge on any atom is 0.306 e. The zero-order chi connectivity index (χ0) is 12.9. The SMILES string of the molecule is CC(O)(CNC(=O)C1CCCCO1)CC(=O)O. The first-order valence-corrected chi connectivity index (χ1v) is 5.74. The molecule has 17 heavy (non-hydrogen) atoms. The predicted molar refractivity (Wildman–Crippen MR) is 59.5 cm³/mol. The van der Waals surface area contributed by atoms with Crippen molar-refractivity contribution < 1.29 is 24.5 Å². The molecular formula is C11H19NO5. The molecule has 0 radical (unpaired) electrons. The molecule has 0 bridgehead atoms. The molecule has 1 fully saturated rings. The fourth-order valence-corrected chi connectivity index (χ4v) is 1.73. The maximum atomic E-state index is 11.6. The van der Waals surface area contributed by atoms with Crippen LogP contribution in [0, 0.1) is 0 Å². The number of nitrogens with one attached hydrogen (secondary N) is 1. The van der Waals surface area contributed by atoms with E-state index < -0.39 is 24.1 Å². The second-order valence-corrected chi connectivity index (χ2v) is 4.64. The molecular weight excluding hydrogens is 226 g/mol. The zero-order valence-electron chi connectivity index (χ0n) is 9.94. The van der Waals surface area contributed by atoms with Gasteiger partial charge in [0.15, 0.2) is 0 Å². The van der Waals surface area contributed by atoms with Gasteiger partial charge < -0.3 is 20.3 Å². The van der Waals surface area contributed by atoms with Crippen molar-refractivity contribution in [1.29, 1.82) is 0 Å². The Hall–Kier alpha value is -1.14. The Bertz CT molecular complexity index is 284. The van der Waals surface area contributed by atoms with E-state index in [0.29, 0.717) is 13.0 Å². The van der Waals surface area contributed by atoms with Crippen LogP contribution in [-0.2, 0) is 14.3 Å². The molecule has 6 nitrogen and oxygen atoms in total. The fourth-order valence-electron chi connectivity index (χ4n) is 1.73. The van der Waals surface area contributed by atoms with Crippen LogP contribution in [0.5, 0.6) is 0 Å². The first-order valence-electron chi connectivity index (χ1n) is 5.74. The summed E-state index contributed by atoms with van der Waals surface area (Å²) in [4.78, 5) is 22.1.